The molecule has 88 valence electrons. The average Bonchev–Trinajstić information content (AvgIpc) is 2.27. The molecule has 0 radical (unpaired) electrons. The van der Waals surface area contributed by atoms with Crippen molar-refractivity contribution in [2.24, 2.45) is 0 Å². The van der Waals surface area contributed by atoms with Crippen LogP contribution < -0.4 is 0 Å². The zero-order valence-electron chi connectivity index (χ0n) is 9.85. The Morgan fingerprint density at radius 3 is 1.88 bits per heavy atom. The van der Waals surface area contributed by atoms with E-state index in [0.29, 0.717) is 0 Å². The highest BCUT2D eigenvalue weighted by Gasteiger charge is 2.00. The molecule has 2 rings (SSSR count). The third-order valence-electron chi connectivity index (χ3n) is 2.79. The third kappa shape index (κ3) is 3.25. The first-order valence-corrected chi connectivity index (χ1v) is 5.71. The normalized spacial score (nSPS) is 10.4. The van der Waals surface area contributed by atoms with Crippen molar-refractivity contribution in [3.63, 3.8) is 0 Å². The van der Waals surface area contributed by atoms with Gasteiger partial charge in [-0.3, -0.25) is 0 Å². The van der Waals surface area contributed by atoms with Crippen LogP contribution in [0, 0.1) is 6.92 Å². The van der Waals surface area contributed by atoms with Crippen molar-refractivity contribution in [1.29, 1.82) is 0 Å². The van der Waals surface area contributed by atoms with E-state index in [4.69, 9.17) is 0 Å². The minimum absolute atomic E-state index is 0.115. The van der Waals surface area contributed by atoms with Gasteiger partial charge in [-0.2, -0.15) is 0 Å². The number of aromatic hydroxyl groups is 2. The summed E-state index contributed by atoms with van der Waals surface area (Å²) in [6.07, 6.45) is 1.72. The van der Waals surface area contributed by atoms with Crippen molar-refractivity contribution in [3.05, 3.63) is 59.2 Å². The Morgan fingerprint density at radius 1 is 0.765 bits per heavy atom. The van der Waals surface area contributed by atoms with Gasteiger partial charge >= 0.3 is 0 Å². The molecule has 17 heavy (non-hydrogen) atoms. The number of rotatable bonds is 3. The molecule has 0 aliphatic carbocycles. The smallest absolute Gasteiger partial charge is 0.119 e. The summed E-state index contributed by atoms with van der Waals surface area (Å²) in [5.74, 6) is 0.229. The topological polar surface area (TPSA) is 40.5 Å². The molecule has 0 unspecified atom stereocenters. The van der Waals surface area contributed by atoms with Gasteiger partial charge in [-0.15, -0.1) is 0 Å². The lowest BCUT2D eigenvalue weighted by atomic mass is 10.0. The molecular weight excluding hydrogens is 212 g/mol. The van der Waals surface area contributed by atoms with Gasteiger partial charge in [0.2, 0.25) is 0 Å². The molecule has 0 aromatic heterocycles. The molecule has 0 amide bonds. The lowest BCUT2D eigenvalue weighted by Crippen LogP contribution is -1.91. The Labute approximate surface area is 101 Å². The number of hydrogen-bond acceptors (Lipinski definition) is 2. The van der Waals surface area contributed by atoms with Gasteiger partial charge in [-0.05, 0) is 43.0 Å². The lowest BCUT2D eigenvalue weighted by molar-refractivity contribution is 0.449. The van der Waals surface area contributed by atoms with E-state index in [-0.39, 0.29) is 11.5 Å². The van der Waals surface area contributed by atoms with Crippen molar-refractivity contribution in [2.75, 3.05) is 0 Å². The third-order valence-corrected chi connectivity index (χ3v) is 2.79. The highest BCUT2D eigenvalue weighted by molar-refractivity contribution is 5.37. The summed E-state index contributed by atoms with van der Waals surface area (Å²) in [7, 11) is 0. The maximum Gasteiger partial charge on any atom is 0.119 e. The van der Waals surface area contributed by atoms with Crippen LogP contribution in [0.5, 0.6) is 11.5 Å². The molecule has 2 aromatic carbocycles. The molecule has 0 atom stereocenters. The van der Waals surface area contributed by atoms with Crippen LogP contribution in [0.1, 0.15) is 16.7 Å². The fourth-order valence-electron chi connectivity index (χ4n) is 1.84. The molecule has 0 aliphatic heterocycles. The Balaban J connectivity index is 2.04. The average molecular weight is 228 g/mol. The van der Waals surface area contributed by atoms with Crippen LogP contribution in [-0.2, 0) is 12.8 Å². The zero-order chi connectivity index (χ0) is 12.3. The summed E-state index contributed by atoms with van der Waals surface area (Å²) in [4.78, 5) is 0. The molecule has 2 nitrogen and oxygen atoms in total. The fourth-order valence-corrected chi connectivity index (χ4v) is 1.84. The fraction of sp³-hybridized carbons (Fsp3) is 0.200. The van der Waals surface area contributed by atoms with E-state index in [9.17, 15) is 10.2 Å². The SMILES string of the molecule is Cc1ccc(CCc2cc(O)cc(O)c2)cc1. The van der Waals surface area contributed by atoms with E-state index >= 15 is 0 Å². The summed E-state index contributed by atoms with van der Waals surface area (Å²) in [5, 5.41) is 18.7. The van der Waals surface area contributed by atoms with Crippen LogP contribution in [-0.4, -0.2) is 10.2 Å². The minimum atomic E-state index is 0.115. The minimum Gasteiger partial charge on any atom is -0.508 e. The first-order valence-electron chi connectivity index (χ1n) is 5.71. The highest BCUT2D eigenvalue weighted by atomic mass is 16.3. The Bertz CT molecular complexity index is 481. The summed E-state index contributed by atoms with van der Waals surface area (Å²) in [6.45, 7) is 2.07. The number of phenols is 2. The number of aryl methyl sites for hydroxylation is 3. The van der Waals surface area contributed by atoms with Crippen molar-refractivity contribution < 1.29 is 10.2 Å². The number of benzene rings is 2. The van der Waals surface area contributed by atoms with Gasteiger partial charge < -0.3 is 10.2 Å². The summed E-state index contributed by atoms with van der Waals surface area (Å²) >= 11 is 0. The van der Waals surface area contributed by atoms with E-state index in [1.165, 1.54) is 17.2 Å². The summed E-state index contributed by atoms with van der Waals surface area (Å²) in [5.41, 5.74) is 3.46. The highest BCUT2D eigenvalue weighted by Crippen LogP contribution is 2.21. The monoisotopic (exact) mass is 228 g/mol. The largest absolute Gasteiger partial charge is 0.508 e. The van der Waals surface area contributed by atoms with E-state index < -0.39 is 0 Å². The van der Waals surface area contributed by atoms with E-state index in [1.807, 2.05) is 0 Å². The zero-order valence-corrected chi connectivity index (χ0v) is 9.85. The molecule has 0 bridgehead atoms. The van der Waals surface area contributed by atoms with Gasteiger partial charge in [0.15, 0.2) is 0 Å². The Hall–Kier alpha value is -1.96. The molecular formula is C15H16O2. The van der Waals surface area contributed by atoms with E-state index in [0.717, 1.165) is 18.4 Å². The lowest BCUT2D eigenvalue weighted by Gasteiger charge is -2.04. The summed E-state index contributed by atoms with van der Waals surface area (Å²) in [6, 6.07) is 13.1. The van der Waals surface area contributed by atoms with Crippen LogP contribution in [0.15, 0.2) is 42.5 Å². The van der Waals surface area contributed by atoms with Crippen LogP contribution >= 0.6 is 0 Å². The second-order valence-electron chi connectivity index (χ2n) is 4.34. The summed E-state index contributed by atoms with van der Waals surface area (Å²) < 4.78 is 0. The quantitative estimate of drug-likeness (QED) is 0.847. The molecule has 2 N–H and O–H groups in total. The van der Waals surface area contributed by atoms with Crippen molar-refractivity contribution in [3.8, 4) is 11.5 Å². The second kappa shape index (κ2) is 4.91. The maximum atomic E-state index is 9.37. The number of hydrogen-bond donors (Lipinski definition) is 2. The predicted molar refractivity (Wildman–Crippen MR) is 68.4 cm³/mol. The van der Waals surface area contributed by atoms with Gasteiger partial charge in [0, 0.05) is 6.07 Å². The van der Waals surface area contributed by atoms with Crippen molar-refractivity contribution >= 4 is 0 Å². The molecule has 0 aliphatic rings. The molecule has 0 fully saturated rings. The van der Waals surface area contributed by atoms with Crippen LogP contribution in [0.25, 0.3) is 0 Å². The van der Waals surface area contributed by atoms with Gasteiger partial charge in [0.05, 0.1) is 0 Å². The van der Waals surface area contributed by atoms with Gasteiger partial charge in [0.1, 0.15) is 11.5 Å². The standard InChI is InChI=1S/C15H16O2/c1-11-2-4-12(5-3-11)6-7-13-8-14(16)10-15(17)9-13/h2-5,8-10,16-17H,6-7H2,1H3. The first-order chi connectivity index (χ1) is 8.13. The van der Waals surface area contributed by atoms with Gasteiger partial charge in [-0.25, -0.2) is 0 Å². The molecule has 2 heteroatoms. The molecule has 0 heterocycles. The van der Waals surface area contributed by atoms with Gasteiger partial charge in [-0.1, -0.05) is 29.8 Å². The molecule has 0 spiro atoms. The van der Waals surface area contributed by atoms with E-state index in [2.05, 4.69) is 31.2 Å². The van der Waals surface area contributed by atoms with Crippen molar-refractivity contribution in [2.45, 2.75) is 19.8 Å². The van der Waals surface area contributed by atoms with Crippen LogP contribution in [0.4, 0.5) is 0 Å². The number of phenolic OH excluding ortho intramolecular Hbond substituents is 2. The Kier molecular flexibility index (Phi) is 3.33. The molecule has 0 saturated carbocycles. The van der Waals surface area contributed by atoms with Gasteiger partial charge in [0.25, 0.3) is 0 Å². The Morgan fingerprint density at radius 2 is 1.29 bits per heavy atom. The van der Waals surface area contributed by atoms with Crippen molar-refractivity contribution in [1.82, 2.24) is 0 Å². The van der Waals surface area contributed by atoms with Crippen LogP contribution in [0.2, 0.25) is 0 Å². The second-order valence-corrected chi connectivity index (χ2v) is 4.34. The van der Waals surface area contributed by atoms with Crippen LogP contribution in [0.3, 0.4) is 0 Å². The molecule has 2 aromatic rings. The maximum absolute atomic E-state index is 9.37. The van der Waals surface area contributed by atoms with E-state index in [1.54, 1.807) is 12.1 Å². The predicted octanol–water partition coefficient (Wildman–Crippen LogP) is 3.19. The molecule has 0 saturated heterocycles. The first kappa shape index (κ1) is 11.5.